The molecule has 1 aliphatic rings. The van der Waals surface area contributed by atoms with Crippen LogP contribution in [0.5, 0.6) is 0 Å². The number of rotatable bonds is 1. The summed E-state index contributed by atoms with van der Waals surface area (Å²) < 4.78 is 12.0. The maximum atomic E-state index is 12.9. The van der Waals surface area contributed by atoms with E-state index in [-0.39, 0.29) is 18.2 Å². The quantitative estimate of drug-likeness (QED) is 0.578. The SMILES string of the molecule is Cc1ccc(Br)c(C2CN(C(=O)OC(C)(C)C)CCN2C(=O)OC(C)(C)C)c1. The molecule has 2 rings (SSSR count). The molecular weight excluding hydrogens is 424 g/mol. The van der Waals surface area contributed by atoms with Crippen molar-refractivity contribution < 1.29 is 19.1 Å². The van der Waals surface area contributed by atoms with Crippen LogP contribution in [-0.4, -0.2) is 52.8 Å². The average Bonchev–Trinajstić information content (AvgIpc) is 2.53. The fourth-order valence-corrected chi connectivity index (χ4v) is 3.51. The lowest BCUT2D eigenvalue weighted by molar-refractivity contribution is -0.0153. The number of piperazine rings is 1. The maximum absolute atomic E-state index is 12.9. The van der Waals surface area contributed by atoms with Gasteiger partial charge < -0.3 is 14.4 Å². The summed E-state index contributed by atoms with van der Waals surface area (Å²) in [6.07, 6.45) is -0.750. The van der Waals surface area contributed by atoms with Gasteiger partial charge in [-0.3, -0.25) is 4.90 Å². The summed E-state index contributed by atoms with van der Waals surface area (Å²) in [5, 5.41) is 0. The summed E-state index contributed by atoms with van der Waals surface area (Å²) in [7, 11) is 0. The number of hydrogen-bond acceptors (Lipinski definition) is 4. The van der Waals surface area contributed by atoms with E-state index in [1.165, 1.54) is 0 Å². The third kappa shape index (κ3) is 6.12. The first-order valence-electron chi connectivity index (χ1n) is 9.50. The van der Waals surface area contributed by atoms with Crippen molar-refractivity contribution in [2.75, 3.05) is 19.6 Å². The summed E-state index contributed by atoms with van der Waals surface area (Å²) in [4.78, 5) is 28.8. The number of carbonyl (C=O) groups is 2. The topological polar surface area (TPSA) is 59.1 Å². The van der Waals surface area contributed by atoms with E-state index in [2.05, 4.69) is 15.9 Å². The number of hydrogen-bond donors (Lipinski definition) is 0. The van der Waals surface area contributed by atoms with Gasteiger partial charge >= 0.3 is 12.2 Å². The second kappa shape index (κ2) is 8.31. The van der Waals surface area contributed by atoms with Crippen LogP contribution < -0.4 is 0 Å². The molecule has 0 radical (unpaired) electrons. The van der Waals surface area contributed by atoms with Crippen molar-refractivity contribution in [3.05, 3.63) is 33.8 Å². The Morgan fingerprint density at radius 3 is 2.14 bits per heavy atom. The summed E-state index contributed by atoms with van der Waals surface area (Å²) in [6.45, 7) is 14.2. The molecule has 0 saturated carbocycles. The Bertz CT molecular complexity index is 737. The predicted molar refractivity (Wildman–Crippen MR) is 112 cm³/mol. The summed E-state index contributed by atoms with van der Waals surface area (Å²) >= 11 is 3.60. The Hall–Kier alpha value is -1.76. The van der Waals surface area contributed by atoms with Crippen molar-refractivity contribution in [1.82, 2.24) is 9.80 Å². The van der Waals surface area contributed by atoms with Gasteiger partial charge in [0, 0.05) is 24.1 Å². The summed E-state index contributed by atoms with van der Waals surface area (Å²) in [6, 6.07) is 5.67. The molecule has 6 nitrogen and oxygen atoms in total. The van der Waals surface area contributed by atoms with Crippen LogP contribution in [0, 0.1) is 6.92 Å². The van der Waals surface area contributed by atoms with Crippen LogP contribution >= 0.6 is 15.9 Å². The zero-order chi connectivity index (χ0) is 21.3. The molecule has 0 N–H and O–H groups in total. The van der Waals surface area contributed by atoms with Crippen LogP contribution in [0.15, 0.2) is 22.7 Å². The lowest BCUT2D eigenvalue weighted by Crippen LogP contribution is -2.54. The van der Waals surface area contributed by atoms with Gasteiger partial charge in [-0.25, -0.2) is 9.59 Å². The van der Waals surface area contributed by atoms with Crippen LogP contribution in [0.2, 0.25) is 0 Å². The minimum atomic E-state index is -0.590. The molecule has 156 valence electrons. The molecular formula is C21H31BrN2O4. The zero-order valence-electron chi connectivity index (χ0n) is 17.8. The van der Waals surface area contributed by atoms with Crippen molar-refractivity contribution in [3.63, 3.8) is 0 Å². The van der Waals surface area contributed by atoms with Crippen molar-refractivity contribution >= 4 is 28.1 Å². The van der Waals surface area contributed by atoms with Gasteiger partial charge in [0.05, 0.1) is 6.04 Å². The van der Waals surface area contributed by atoms with Crippen molar-refractivity contribution in [2.45, 2.75) is 65.7 Å². The Kier molecular flexibility index (Phi) is 6.69. The Labute approximate surface area is 176 Å². The first-order chi connectivity index (χ1) is 12.8. The van der Waals surface area contributed by atoms with Gasteiger partial charge in [0.1, 0.15) is 11.2 Å². The third-order valence-corrected chi connectivity index (χ3v) is 4.89. The van der Waals surface area contributed by atoms with Gasteiger partial charge in [-0.1, -0.05) is 33.6 Å². The molecule has 0 aromatic heterocycles. The molecule has 1 aromatic rings. The maximum Gasteiger partial charge on any atom is 0.410 e. The lowest BCUT2D eigenvalue weighted by atomic mass is 10.0. The van der Waals surface area contributed by atoms with Crippen LogP contribution in [0.25, 0.3) is 0 Å². The Balaban J connectivity index is 2.33. The van der Waals surface area contributed by atoms with Crippen LogP contribution in [0.1, 0.15) is 58.7 Å². The highest BCUT2D eigenvalue weighted by molar-refractivity contribution is 9.10. The van der Waals surface area contributed by atoms with E-state index in [9.17, 15) is 9.59 Å². The van der Waals surface area contributed by atoms with E-state index in [1.54, 1.807) is 9.80 Å². The highest BCUT2D eigenvalue weighted by Gasteiger charge is 2.38. The van der Waals surface area contributed by atoms with E-state index in [4.69, 9.17) is 9.47 Å². The van der Waals surface area contributed by atoms with E-state index in [1.807, 2.05) is 66.7 Å². The van der Waals surface area contributed by atoms with Gasteiger partial charge in [0.25, 0.3) is 0 Å². The minimum absolute atomic E-state index is 0.328. The fourth-order valence-electron chi connectivity index (χ4n) is 3.00. The molecule has 1 saturated heterocycles. The van der Waals surface area contributed by atoms with E-state index < -0.39 is 11.2 Å². The molecule has 1 heterocycles. The average molecular weight is 455 g/mol. The molecule has 28 heavy (non-hydrogen) atoms. The number of amides is 2. The number of carbonyl (C=O) groups excluding carboxylic acids is 2. The van der Waals surface area contributed by atoms with Gasteiger partial charge in [0.15, 0.2) is 0 Å². The highest BCUT2D eigenvalue weighted by Crippen LogP contribution is 2.33. The summed E-state index contributed by atoms with van der Waals surface area (Å²) in [5.74, 6) is 0. The van der Waals surface area contributed by atoms with E-state index >= 15 is 0 Å². The number of nitrogens with zero attached hydrogens (tertiary/aromatic N) is 2. The van der Waals surface area contributed by atoms with Gasteiger partial charge in [-0.15, -0.1) is 0 Å². The smallest absolute Gasteiger partial charge is 0.410 e. The van der Waals surface area contributed by atoms with Crippen LogP contribution in [0.3, 0.4) is 0 Å². The lowest BCUT2D eigenvalue weighted by Gasteiger charge is -2.42. The summed E-state index contributed by atoms with van der Waals surface area (Å²) in [5.41, 5.74) is 0.864. The molecule has 1 aromatic carbocycles. The molecule has 7 heteroatoms. The Morgan fingerprint density at radius 2 is 1.57 bits per heavy atom. The molecule has 1 aliphatic heterocycles. The van der Waals surface area contributed by atoms with Crippen LogP contribution in [-0.2, 0) is 9.47 Å². The molecule has 2 amide bonds. The molecule has 0 spiro atoms. The first-order valence-corrected chi connectivity index (χ1v) is 10.3. The number of halogens is 1. The zero-order valence-corrected chi connectivity index (χ0v) is 19.4. The largest absolute Gasteiger partial charge is 0.444 e. The number of benzene rings is 1. The van der Waals surface area contributed by atoms with E-state index in [0.717, 1.165) is 15.6 Å². The fraction of sp³-hybridized carbons (Fsp3) is 0.619. The minimum Gasteiger partial charge on any atom is -0.444 e. The first kappa shape index (κ1) is 22.5. The molecule has 0 aliphatic carbocycles. The van der Waals surface area contributed by atoms with Gasteiger partial charge in [-0.2, -0.15) is 0 Å². The standard InChI is InChI=1S/C21H31BrN2O4/c1-14-8-9-16(22)15(12-14)17-13-23(18(25)27-20(2,3)4)10-11-24(17)19(26)28-21(5,6)7/h8-9,12,17H,10-11,13H2,1-7H3. The normalized spacial score (nSPS) is 18.1. The van der Waals surface area contributed by atoms with Crippen molar-refractivity contribution in [3.8, 4) is 0 Å². The second-order valence-electron chi connectivity index (χ2n) is 9.14. The molecule has 1 unspecified atom stereocenters. The second-order valence-corrected chi connectivity index (χ2v) is 10.00. The molecule has 1 atom stereocenters. The van der Waals surface area contributed by atoms with Crippen molar-refractivity contribution in [2.24, 2.45) is 0 Å². The van der Waals surface area contributed by atoms with E-state index in [0.29, 0.717) is 19.6 Å². The monoisotopic (exact) mass is 454 g/mol. The number of ether oxygens (including phenoxy) is 2. The van der Waals surface area contributed by atoms with Crippen molar-refractivity contribution in [1.29, 1.82) is 0 Å². The predicted octanol–water partition coefficient (Wildman–Crippen LogP) is 5.29. The molecule has 1 fully saturated rings. The van der Waals surface area contributed by atoms with Gasteiger partial charge in [0.2, 0.25) is 0 Å². The Morgan fingerprint density at radius 1 is 1.00 bits per heavy atom. The number of aryl methyl sites for hydroxylation is 1. The third-order valence-electron chi connectivity index (χ3n) is 4.17. The van der Waals surface area contributed by atoms with Crippen LogP contribution in [0.4, 0.5) is 9.59 Å². The highest BCUT2D eigenvalue weighted by atomic mass is 79.9. The molecule has 0 bridgehead atoms. The van der Waals surface area contributed by atoms with Gasteiger partial charge in [-0.05, 0) is 60.1 Å².